The molecule has 3 nitrogen and oxygen atoms in total. The van der Waals surface area contributed by atoms with Crippen LogP contribution in [0.4, 0.5) is 5.69 Å². The zero-order valence-corrected chi connectivity index (χ0v) is 11.1. The van der Waals surface area contributed by atoms with Crippen molar-refractivity contribution in [3.8, 4) is 5.75 Å². The first kappa shape index (κ1) is 11.7. The van der Waals surface area contributed by atoms with E-state index >= 15 is 0 Å². The quantitative estimate of drug-likeness (QED) is 0.922. The molecule has 0 bridgehead atoms. The molecule has 1 fully saturated rings. The molecule has 88 valence electrons. The Balaban J connectivity index is 1.93. The fraction of sp³-hybridized carbons (Fsp3) is 0.500. The van der Waals surface area contributed by atoms with Gasteiger partial charge in [0.15, 0.2) is 0 Å². The lowest BCUT2D eigenvalue weighted by Crippen LogP contribution is -2.40. The molecular formula is C12H16BrNO2. The first-order valence-corrected chi connectivity index (χ1v) is 6.15. The number of halogens is 1. The number of benzene rings is 1. The van der Waals surface area contributed by atoms with Crippen LogP contribution in [-0.2, 0) is 4.74 Å². The average molecular weight is 286 g/mol. The highest BCUT2D eigenvalue weighted by molar-refractivity contribution is 9.10. The molecule has 1 saturated carbocycles. The Bertz CT molecular complexity index is 364. The Morgan fingerprint density at radius 3 is 2.62 bits per heavy atom. The standard InChI is InChI=1S/C12H16BrNO2/c1-15-10-5-9(6-10)14-8-3-4-12(16-2)11(13)7-8/h3-4,7,9-10,14H,5-6H2,1-2H3. The topological polar surface area (TPSA) is 30.5 Å². The van der Waals surface area contributed by atoms with E-state index in [9.17, 15) is 0 Å². The molecule has 1 aliphatic rings. The molecule has 1 aromatic rings. The second kappa shape index (κ2) is 5.06. The summed E-state index contributed by atoms with van der Waals surface area (Å²) in [6, 6.07) is 6.56. The molecule has 0 aromatic heterocycles. The fourth-order valence-corrected chi connectivity index (χ4v) is 2.41. The molecule has 1 aliphatic carbocycles. The lowest BCUT2D eigenvalue weighted by Gasteiger charge is -2.35. The van der Waals surface area contributed by atoms with E-state index in [2.05, 4.69) is 21.2 Å². The van der Waals surface area contributed by atoms with Gasteiger partial charge in [0.2, 0.25) is 0 Å². The Kier molecular flexibility index (Phi) is 3.71. The van der Waals surface area contributed by atoms with Gasteiger partial charge in [0.05, 0.1) is 17.7 Å². The minimum absolute atomic E-state index is 0.430. The van der Waals surface area contributed by atoms with E-state index in [0.29, 0.717) is 12.1 Å². The number of anilines is 1. The van der Waals surface area contributed by atoms with Crippen molar-refractivity contribution in [2.45, 2.75) is 25.0 Å². The smallest absolute Gasteiger partial charge is 0.133 e. The zero-order valence-electron chi connectivity index (χ0n) is 9.50. The van der Waals surface area contributed by atoms with Crippen molar-refractivity contribution in [2.75, 3.05) is 19.5 Å². The predicted octanol–water partition coefficient (Wildman–Crippen LogP) is 3.05. The maximum Gasteiger partial charge on any atom is 0.133 e. The van der Waals surface area contributed by atoms with E-state index in [-0.39, 0.29) is 0 Å². The van der Waals surface area contributed by atoms with Gasteiger partial charge in [-0.25, -0.2) is 0 Å². The maximum absolute atomic E-state index is 5.25. The van der Waals surface area contributed by atoms with Gasteiger partial charge in [-0.15, -0.1) is 0 Å². The van der Waals surface area contributed by atoms with Gasteiger partial charge < -0.3 is 14.8 Å². The van der Waals surface area contributed by atoms with Crippen LogP contribution < -0.4 is 10.1 Å². The van der Waals surface area contributed by atoms with Crippen LogP contribution in [0.3, 0.4) is 0 Å². The summed E-state index contributed by atoms with van der Waals surface area (Å²) in [5, 5.41) is 3.47. The van der Waals surface area contributed by atoms with E-state index in [4.69, 9.17) is 9.47 Å². The third-order valence-corrected chi connectivity index (χ3v) is 3.57. The van der Waals surface area contributed by atoms with Gasteiger partial charge in [-0.3, -0.25) is 0 Å². The van der Waals surface area contributed by atoms with Gasteiger partial charge >= 0.3 is 0 Å². The normalized spacial score (nSPS) is 23.7. The van der Waals surface area contributed by atoms with E-state index in [1.54, 1.807) is 14.2 Å². The van der Waals surface area contributed by atoms with Crippen molar-refractivity contribution in [1.29, 1.82) is 0 Å². The molecule has 0 amide bonds. The second-order valence-electron chi connectivity index (χ2n) is 4.02. The summed E-state index contributed by atoms with van der Waals surface area (Å²) in [6.45, 7) is 0. The van der Waals surface area contributed by atoms with Crippen LogP contribution in [-0.4, -0.2) is 26.4 Å². The predicted molar refractivity (Wildman–Crippen MR) is 68.1 cm³/mol. The Morgan fingerprint density at radius 2 is 2.06 bits per heavy atom. The van der Waals surface area contributed by atoms with Gasteiger partial charge in [0.1, 0.15) is 5.75 Å². The first-order valence-electron chi connectivity index (χ1n) is 5.36. The highest BCUT2D eigenvalue weighted by Crippen LogP contribution is 2.31. The van der Waals surface area contributed by atoms with Gasteiger partial charge in [-0.2, -0.15) is 0 Å². The highest BCUT2D eigenvalue weighted by Gasteiger charge is 2.28. The molecule has 0 atom stereocenters. The number of nitrogens with one attached hydrogen (secondary N) is 1. The summed E-state index contributed by atoms with van der Waals surface area (Å²) in [5.41, 5.74) is 1.12. The molecule has 4 heteroatoms. The monoisotopic (exact) mass is 285 g/mol. The third kappa shape index (κ3) is 2.50. The number of ether oxygens (including phenoxy) is 2. The van der Waals surface area contributed by atoms with Gasteiger partial charge in [-0.05, 0) is 47.0 Å². The molecule has 16 heavy (non-hydrogen) atoms. The summed E-state index contributed by atoms with van der Waals surface area (Å²) in [4.78, 5) is 0. The lowest BCUT2D eigenvalue weighted by atomic mass is 9.89. The van der Waals surface area contributed by atoms with Crippen LogP contribution in [0.1, 0.15) is 12.8 Å². The number of methoxy groups -OCH3 is 2. The molecule has 0 heterocycles. The van der Waals surface area contributed by atoms with Gasteiger partial charge in [0, 0.05) is 18.8 Å². The van der Waals surface area contributed by atoms with E-state index in [1.807, 2.05) is 18.2 Å². The number of rotatable bonds is 4. The highest BCUT2D eigenvalue weighted by atomic mass is 79.9. The largest absolute Gasteiger partial charge is 0.496 e. The minimum Gasteiger partial charge on any atom is -0.496 e. The SMILES string of the molecule is COc1ccc(NC2CC(OC)C2)cc1Br. The summed E-state index contributed by atoms with van der Waals surface area (Å²) >= 11 is 3.47. The van der Waals surface area contributed by atoms with Gasteiger partial charge in [0.25, 0.3) is 0 Å². The fourth-order valence-electron chi connectivity index (χ4n) is 1.87. The van der Waals surface area contributed by atoms with Crippen molar-refractivity contribution in [2.24, 2.45) is 0 Å². The van der Waals surface area contributed by atoms with Crippen LogP contribution in [0.25, 0.3) is 0 Å². The van der Waals surface area contributed by atoms with Gasteiger partial charge in [-0.1, -0.05) is 0 Å². The molecule has 1 aromatic carbocycles. The average Bonchev–Trinajstić information content (AvgIpc) is 2.23. The second-order valence-corrected chi connectivity index (χ2v) is 4.87. The van der Waals surface area contributed by atoms with Crippen LogP contribution >= 0.6 is 15.9 Å². The maximum atomic E-state index is 5.25. The summed E-state index contributed by atoms with van der Waals surface area (Å²) in [6.07, 6.45) is 2.60. The molecule has 1 N–H and O–H groups in total. The van der Waals surface area contributed by atoms with E-state index < -0.39 is 0 Å². The lowest BCUT2D eigenvalue weighted by molar-refractivity contribution is 0.0329. The molecule has 2 rings (SSSR count). The third-order valence-electron chi connectivity index (χ3n) is 2.95. The van der Waals surface area contributed by atoms with Crippen molar-refractivity contribution in [1.82, 2.24) is 0 Å². The minimum atomic E-state index is 0.430. The Labute approximate surface area is 104 Å². The summed E-state index contributed by atoms with van der Waals surface area (Å²) < 4.78 is 11.4. The summed E-state index contributed by atoms with van der Waals surface area (Å²) in [7, 11) is 3.44. The van der Waals surface area contributed by atoms with Crippen LogP contribution in [0.2, 0.25) is 0 Å². The van der Waals surface area contributed by atoms with E-state index in [0.717, 1.165) is 28.8 Å². The van der Waals surface area contributed by atoms with Crippen LogP contribution in [0.5, 0.6) is 5.75 Å². The van der Waals surface area contributed by atoms with Crippen molar-refractivity contribution < 1.29 is 9.47 Å². The van der Waals surface area contributed by atoms with Crippen molar-refractivity contribution >= 4 is 21.6 Å². The molecular weight excluding hydrogens is 270 g/mol. The Hall–Kier alpha value is -0.740. The van der Waals surface area contributed by atoms with E-state index in [1.165, 1.54) is 0 Å². The number of hydrogen-bond acceptors (Lipinski definition) is 3. The first-order chi connectivity index (χ1) is 7.72. The van der Waals surface area contributed by atoms with Crippen LogP contribution in [0.15, 0.2) is 22.7 Å². The molecule has 0 unspecified atom stereocenters. The Morgan fingerprint density at radius 1 is 1.31 bits per heavy atom. The summed E-state index contributed by atoms with van der Waals surface area (Å²) in [5.74, 6) is 0.855. The van der Waals surface area contributed by atoms with Crippen molar-refractivity contribution in [3.05, 3.63) is 22.7 Å². The number of hydrogen-bond donors (Lipinski definition) is 1. The zero-order chi connectivity index (χ0) is 11.5. The van der Waals surface area contributed by atoms with Crippen molar-refractivity contribution in [3.63, 3.8) is 0 Å². The molecule has 0 aliphatic heterocycles. The molecule has 0 radical (unpaired) electrons. The van der Waals surface area contributed by atoms with Crippen LogP contribution in [0, 0.1) is 0 Å². The molecule has 0 saturated heterocycles. The molecule has 0 spiro atoms.